The predicted octanol–water partition coefficient (Wildman–Crippen LogP) is 4.98. The van der Waals surface area contributed by atoms with Crippen molar-refractivity contribution in [1.82, 2.24) is 5.32 Å². The average molecular weight is 520 g/mol. The van der Waals surface area contributed by atoms with Gasteiger partial charge in [0.15, 0.2) is 6.10 Å². The lowest BCUT2D eigenvalue weighted by Gasteiger charge is -2.46. The number of alkyl carbamates (subject to hydrolysis) is 1. The fourth-order valence-electron chi connectivity index (χ4n) is 8.56. The number of amides is 1. The standard InChI is InChI=1S/C31H37NO6/c1-6-36-27(35)32-24(19-12-8-7-9-13-19)25(33)26(34)37-23-16-22-28(3,4)29(23,5)30-17-18(2)20-14-10-11-15-21(20)31(22,30)38-30/h7-15,18,22-25,33H,6,16-17H2,1-5H3,(H,32,35)/t18-,22?,23?,24+,25-,29?,30+,31-/m1/s1. The van der Waals surface area contributed by atoms with Gasteiger partial charge in [-0.3, -0.25) is 0 Å². The number of esters is 1. The van der Waals surface area contributed by atoms with Crippen molar-refractivity contribution in [2.75, 3.05) is 6.61 Å². The number of aliphatic hydroxyl groups excluding tert-OH is 1. The zero-order chi connectivity index (χ0) is 27.1. The van der Waals surface area contributed by atoms with Gasteiger partial charge in [0.2, 0.25) is 0 Å². The van der Waals surface area contributed by atoms with Gasteiger partial charge in [0.05, 0.1) is 12.6 Å². The van der Waals surface area contributed by atoms with Crippen molar-refractivity contribution in [3.8, 4) is 0 Å². The third-order valence-corrected chi connectivity index (χ3v) is 10.5. The Morgan fingerprint density at radius 2 is 1.79 bits per heavy atom. The van der Waals surface area contributed by atoms with E-state index >= 15 is 0 Å². The second-order valence-electron chi connectivity index (χ2n) is 12.2. The number of rotatable bonds is 6. The fraction of sp³-hybridized carbons (Fsp3) is 0.548. The zero-order valence-electron chi connectivity index (χ0n) is 22.7. The Balaban J connectivity index is 1.29. The SMILES string of the molecule is CCOC(=O)N[C@@H](c1ccccc1)[C@@H](O)C(=O)OC1CC2C(C)(C)C1(C)[C@@]13C[C@@H](C)c4ccccc4[C@@]21O3. The van der Waals surface area contributed by atoms with E-state index in [0.29, 0.717) is 17.9 Å². The van der Waals surface area contributed by atoms with Crippen molar-refractivity contribution < 1.29 is 28.9 Å². The van der Waals surface area contributed by atoms with E-state index < -0.39 is 41.3 Å². The number of ether oxygens (including phenoxy) is 3. The Morgan fingerprint density at radius 3 is 2.50 bits per heavy atom. The Morgan fingerprint density at radius 1 is 1.11 bits per heavy atom. The van der Waals surface area contributed by atoms with Crippen LogP contribution < -0.4 is 5.32 Å². The lowest BCUT2D eigenvalue weighted by molar-refractivity contribution is -0.173. The highest BCUT2D eigenvalue weighted by Crippen LogP contribution is 2.89. The van der Waals surface area contributed by atoms with E-state index in [1.54, 1.807) is 31.2 Å². The van der Waals surface area contributed by atoms with Crippen LogP contribution in [0.15, 0.2) is 54.6 Å². The molecule has 6 rings (SSSR count). The smallest absolute Gasteiger partial charge is 0.407 e. The van der Waals surface area contributed by atoms with Gasteiger partial charge in [-0.05, 0) is 47.8 Å². The van der Waals surface area contributed by atoms with Crippen LogP contribution in [0.4, 0.5) is 4.79 Å². The summed E-state index contributed by atoms with van der Waals surface area (Å²) in [6.07, 6.45) is -1.19. The van der Waals surface area contributed by atoms with Gasteiger partial charge in [0.1, 0.15) is 17.3 Å². The molecule has 3 unspecified atom stereocenters. The molecule has 2 aromatic rings. The van der Waals surface area contributed by atoms with Crippen LogP contribution in [0.5, 0.6) is 0 Å². The van der Waals surface area contributed by atoms with Crippen LogP contribution in [0.25, 0.3) is 0 Å². The summed E-state index contributed by atoms with van der Waals surface area (Å²) in [5.74, 6) is -0.254. The maximum atomic E-state index is 13.5. The molecule has 3 fully saturated rings. The van der Waals surface area contributed by atoms with E-state index in [1.165, 1.54) is 11.1 Å². The Labute approximate surface area is 223 Å². The molecule has 7 heteroatoms. The highest BCUT2D eigenvalue weighted by atomic mass is 16.6. The van der Waals surface area contributed by atoms with Gasteiger partial charge in [-0.25, -0.2) is 9.59 Å². The Hall–Kier alpha value is -2.90. The second kappa shape index (κ2) is 8.30. The van der Waals surface area contributed by atoms with Crippen LogP contribution in [-0.4, -0.2) is 41.6 Å². The van der Waals surface area contributed by atoms with E-state index in [-0.39, 0.29) is 23.5 Å². The molecule has 0 aromatic heterocycles. The van der Waals surface area contributed by atoms with Gasteiger partial charge in [0, 0.05) is 11.3 Å². The number of epoxide rings is 1. The summed E-state index contributed by atoms with van der Waals surface area (Å²) >= 11 is 0. The second-order valence-corrected chi connectivity index (χ2v) is 12.2. The van der Waals surface area contributed by atoms with Gasteiger partial charge in [-0.1, -0.05) is 82.3 Å². The summed E-state index contributed by atoms with van der Waals surface area (Å²) in [4.78, 5) is 25.8. The molecular weight excluding hydrogens is 482 g/mol. The number of fused-ring (bicyclic) bond motifs is 3. The number of nitrogens with one attached hydrogen (secondary N) is 1. The number of benzene rings is 2. The Kier molecular flexibility index (Phi) is 5.54. The minimum absolute atomic E-state index is 0.152. The zero-order valence-corrected chi connectivity index (χ0v) is 22.7. The molecule has 1 aliphatic heterocycles. The molecule has 0 radical (unpaired) electrons. The highest BCUT2D eigenvalue weighted by molar-refractivity contribution is 5.78. The van der Waals surface area contributed by atoms with E-state index in [2.05, 4.69) is 57.3 Å². The molecule has 202 valence electrons. The molecular formula is C31H37NO6. The van der Waals surface area contributed by atoms with Crippen molar-refractivity contribution in [3.63, 3.8) is 0 Å². The normalized spacial score (nSPS) is 36.7. The molecule has 2 saturated carbocycles. The topological polar surface area (TPSA) is 97.4 Å². The average Bonchev–Trinajstić information content (AvgIpc) is 3.53. The van der Waals surface area contributed by atoms with Crippen LogP contribution in [0, 0.1) is 16.7 Å². The number of aliphatic hydroxyl groups is 1. The van der Waals surface area contributed by atoms with Crippen LogP contribution in [0.3, 0.4) is 0 Å². The number of carbonyl (C=O) groups excluding carboxylic acids is 2. The molecule has 0 spiro atoms. The molecule has 1 heterocycles. The van der Waals surface area contributed by atoms with E-state index in [1.807, 2.05) is 6.07 Å². The lowest BCUT2D eigenvalue weighted by atomic mass is 9.58. The van der Waals surface area contributed by atoms with Crippen LogP contribution in [0.1, 0.15) is 76.1 Å². The van der Waals surface area contributed by atoms with Gasteiger partial charge in [-0.2, -0.15) is 0 Å². The molecule has 2 aromatic carbocycles. The van der Waals surface area contributed by atoms with Crippen molar-refractivity contribution in [1.29, 1.82) is 0 Å². The summed E-state index contributed by atoms with van der Waals surface area (Å²) in [7, 11) is 0. The van der Waals surface area contributed by atoms with Crippen molar-refractivity contribution in [3.05, 3.63) is 71.3 Å². The quantitative estimate of drug-likeness (QED) is 0.413. The highest BCUT2D eigenvalue weighted by Gasteiger charge is 2.95. The molecule has 7 nitrogen and oxygen atoms in total. The summed E-state index contributed by atoms with van der Waals surface area (Å²) in [6, 6.07) is 16.5. The third kappa shape index (κ3) is 2.97. The first-order valence-electron chi connectivity index (χ1n) is 13.7. The fourth-order valence-corrected chi connectivity index (χ4v) is 8.56. The van der Waals surface area contributed by atoms with Gasteiger partial charge >= 0.3 is 12.1 Å². The van der Waals surface area contributed by atoms with Crippen molar-refractivity contribution in [2.45, 2.75) is 82.8 Å². The first-order chi connectivity index (χ1) is 18.0. The van der Waals surface area contributed by atoms with Gasteiger partial charge in [-0.15, -0.1) is 0 Å². The molecule has 4 aliphatic rings. The molecule has 1 saturated heterocycles. The molecule has 3 aliphatic carbocycles. The summed E-state index contributed by atoms with van der Waals surface area (Å²) in [5, 5.41) is 13.8. The lowest BCUT2D eigenvalue weighted by Crippen LogP contribution is -2.53. The van der Waals surface area contributed by atoms with Gasteiger partial charge in [0.25, 0.3) is 0 Å². The van der Waals surface area contributed by atoms with Crippen molar-refractivity contribution in [2.24, 2.45) is 16.7 Å². The number of hydrogen-bond donors (Lipinski definition) is 2. The minimum Gasteiger partial charge on any atom is -0.460 e. The molecule has 2 N–H and O–H groups in total. The minimum atomic E-state index is -1.60. The predicted molar refractivity (Wildman–Crippen MR) is 140 cm³/mol. The van der Waals surface area contributed by atoms with E-state index in [0.717, 1.165) is 6.42 Å². The van der Waals surface area contributed by atoms with E-state index in [9.17, 15) is 14.7 Å². The Bertz CT molecular complexity index is 1280. The summed E-state index contributed by atoms with van der Waals surface area (Å²) in [5.41, 5.74) is 1.86. The maximum Gasteiger partial charge on any atom is 0.407 e. The molecule has 2 bridgehead atoms. The molecule has 38 heavy (non-hydrogen) atoms. The largest absolute Gasteiger partial charge is 0.460 e. The monoisotopic (exact) mass is 519 g/mol. The number of hydrogen-bond acceptors (Lipinski definition) is 6. The van der Waals surface area contributed by atoms with Crippen LogP contribution in [-0.2, 0) is 24.6 Å². The molecule has 1 amide bonds. The van der Waals surface area contributed by atoms with Crippen LogP contribution in [0.2, 0.25) is 0 Å². The molecule has 8 atom stereocenters. The van der Waals surface area contributed by atoms with Crippen LogP contribution >= 0.6 is 0 Å². The van der Waals surface area contributed by atoms with Crippen molar-refractivity contribution >= 4 is 12.1 Å². The maximum absolute atomic E-state index is 13.5. The van der Waals surface area contributed by atoms with E-state index in [4.69, 9.17) is 14.2 Å². The first-order valence-corrected chi connectivity index (χ1v) is 13.7. The van der Waals surface area contributed by atoms with Gasteiger partial charge < -0.3 is 24.6 Å². The summed E-state index contributed by atoms with van der Waals surface area (Å²) < 4.78 is 18.1. The summed E-state index contributed by atoms with van der Waals surface area (Å²) in [6.45, 7) is 10.9. The number of carbonyl (C=O) groups is 2. The first kappa shape index (κ1) is 25.4. The third-order valence-electron chi connectivity index (χ3n) is 10.5.